The fraction of sp³-hybridized carbons (Fsp3) is 0.267. The average Bonchev–Trinajstić information content (AvgIpc) is 2.45. The Bertz CT molecular complexity index is 710. The smallest absolute Gasteiger partial charge is 0.138 e. The van der Waals surface area contributed by atoms with Crippen LogP contribution in [-0.2, 0) is 6.42 Å². The second kappa shape index (κ2) is 6.88. The second-order valence-corrected chi connectivity index (χ2v) is 5.85. The monoisotopic (exact) mass is 364 g/mol. The number of nitriles is 1. The molecule has 108 valence electrons. The molecule has 0 fully saturated rings. The van der Waals surface area contributed by atoms with Crippen molar-refractivity contribution in [3.63, 3.8) is 0 Å². The lowest BCUT2D eigenvalue weighted by molar-refractivity contribution is 0.833. The van der Waals surface area contributed by atoms with E-state index in [0.717, 1.165) is 22.9 Å². The summed E-state index contributed by atoms with van der Waals surface area (Å²) in [6, 6.07) is 7.57. The van der Waals surface area contributed by atoms with E-state index in [2.05, 4.69) is 44.2 Å². The highest BCUT2D eigenvalue weighted by atomic mass is 79.9. The van der Waals surface area contributed by atoms with Gasteiger partial charge in [-0.25, -0.2) is 9.97 Å². The fourth-order valence-electron chi connectivity index (χ4n) is 1.83. The Labute approximate surface area is 137 Å². The molecule has 0 unspecified atom stereocenters. The number of hydrogen-bond donors (Lipinski definition) is 1. The van der Waals surface area contributed by atoms with Gasteiger partial charge in [0.1, 0.15) is 22.9 Å². The summed E-state index contributed by atoms with van der Waals surface area (Å²) < 4.78 is 0.885. The number of aryl methyl sites for hydroxylation is 1. The van der Waals surface area contributed by atoms with Gasteiger partial charge in [0.25, 0.3) is 0 Å². The summed E-state index contributed by atoms with van der Waals surface area (Å²) in [6.45, 7) is 3.91. The predicted molar refractivity (Wildman–Crippen MR) is 87.9 cm³/mol. The van der Waals surface area contributed by atoms with Crippen molar-refractivity contribution in [2.24, 2.45) is 0 Å². The van der Waals surface area contributed by atoms with Crippen LogP contribution in [0.4, 0.5) is 11.5 Å². The second-order valence-electron chi connectivity index (χ2n) is 4.58. The van der Waals surface area contributed by atoms with Gasteiger partial charge >= 0.3 is 0 Å². The summed E-state index contributed by atoms with van der Waals surface area (Å²) in [5.74, 6) is 1.33. The van der Waals surface area contributed by atoms with E-state index in [-0.39, 0.29) is 0 Å². The minimum atomic E-state index is 0.435. The van der Waals surface area contributed by atoms with Gasteiger partial charge in [-0.3, -0.25) is 0 Å². The van der Waals surface area contributed by atoms with Crippen molar-refractivity contribution < 1.29 is 0 Å². The normalized spacial score (nSPS) is 10.2. The minimum absolute atomic E-state index is 0.435. The van der Waals surface area contributed by atoms with Crippen LogP contribution < -0.4 is 5.32 Å². The van der Waals surface area contributed by atoms with Crippen LogP contribution in [0.3, 0.4) is 0 Å². The number of hydrogen-bond acceptors (Lipinski definition) is 4. The van der Waals surface area contributed by atoms with Crippen LogP contribution >= 0.6 is 27.5 Å². The van der Waals surface area contributed by atoms with E-state index in [1.165, 1.54) is 0 Å². The third-order valence-electron chi connectivity index (χ3n) is 2.96. The van der Waals surface area contributed by atoms with Gasteiger partial charge in [0.05, 0.1) is 11.3 Å². The Morgan fingerprint density at radius 2 is 2.14 bits per heavy atom. The quantitative estimate of drug-likeness (QED) is 0.793. The molecule has 0 saturated carbocycles. The standard InChI is InChI=1S/C15H14BrClN4/c1-3-4-13-20-14(17)9(2)15(21-13)19-12-7-11(16)6-5-10(12)8-18/h5-7H,3-4H2,1-2H3,(H,19,20,21). The summed E-state index contributed by atoms with van der Waals surface area (Å²) in [5, 5.41) is 12.8. The molecule has 1 heterocycles. The molecule has 0 aliphatic carbocycles. The summed E-state index contributed by atoms with van der Waals surface area (Å²) in [7, 11) is 0. The highest BCUT2D eigenvalue weighted by Crippen LogP contribution is 2.27. The van der Waals surface area contributed by atoms with Crippen LogP contribution in [0.5, 0.6) is 0 Å². The highest BCUT2D eigenvalue weighted by molar-refractivity contribution is 9.10. The molecule has 1 aromatic carbocycles. The lowest BCUT2D eigenvalue weighted by atomic mass is 10.2. The first kappa shape index (κ1) is 15.7. The zero-order valence-corrected chi connectivity index (χ0v) is 14.1. The van der Waals surface area contributed by atoms with Gasteiger partial charge in [0.15, 0.2) is 0 Å². The van der Waals surface area contributed by atoms with E-state index in [1.807, 2.05) is 19.1 Å². The van der Waals surface area contributed by atoms with Crippen LogP contribution in [-0.4, -0.2) is 9.97 Å². The van der Waals surface area contributed by atoms with Crippen LogP contribution in [0.1, 0.15) is 30.3 Å². The molecular formula is C15H14BrClN4. The molecule has 2 aromatic rings. The van der Waals surface area contributed by atoms with Crippen molar-refractivity contribution in [2.45, 2.75) is 26.7 Å². The molecule has 0 spiro atoms. The van der Waals surface area contributed by atoms with Crippen molar-refractivity contribution in [1.29, 1.82) is 5.26 Å². The number of halogens is 2. The van der Waals surface area contributed by atoms with Gasteiger partial charge in [-0.15, -0.1) is 0 Å². The molecule has 0 atom stereocenters. The first-order chi connectivity index (χ1) is 10.0. The van der Waals surface area contributed by atoms with Crippen molar-refractivity contribution >= 4 is 39.0 Å². The van der Waals surface area contributed by atoms with Gasteiger partial charge in [0.2, 0.25) is 0 Å². The number of aromatic nitrogens is 2. The van der Waals surface area contributed by atoms with E-state index < -0.39 is 0 Å². The summed E-state index contributed by atoms with van der Waals surface area (Å²) in [5.41, 5.74) is 2.00. The Kier molecular flexibility index (Phi) is 5.16. The number of nitrogens with zero attached hydrogens (tertiary/aromatic N) is 3. The molecule has 1 N–H and O–H groups in total. The highest BCUT2D eigenvalue weighted by Gasteiger charge is 2.11. The Morgan fingerprint density at radius 3 is 2.81 bits per heavy atom. The summed E-state index contributed by atoms with van der Waals surface area (Å²) in [4.78, 5) is 8.76. The third kappa shape index (κ3) is 3.72. The lowest BCUT2D eigenvalue weighted by Gasteiger charge is -2.12. The maximum Gasteiger partial charge on any atom is 0.138 e. The van der Waals surface area contributed by atoms with Crippen LogP contribution in [0.25, 0.3) is 0 Å². The van der Waals surface area contributed by atoms with Crippen molar-refractivity contribution in [2.75, 3.05) is 5.32 Å². The van der Waals surface area contributed by atoms with E-state index >= 15 is 0 Å². The van der Waals surface area contributed by atoms with Gasteiger partial charge < -0.3 is 5.32 Å². The summed E-state index contributed by atoms with van der Waals surface area (Å²) in [6.07, 6.45) is 1.71. The number of anilines is 2. The summed E-state index contributed by atoms with van der Waals surface area (Å²) >= 11 is 9.56. The maximum absolute atomic E-state index is 9.19. The molecule has 0 bridgehead atoms. The molecule has 2 rings (SSSR count). The molecule has 0 aliphatic rings. The number of nitrogens with one attached hydrogen (secondary N) is 1. The van der Waals surface area contributed by atoms with Gasteiger partial charge in [0, 0.05) is 16.5 Å². The number of benzene rings is 1. The van der Waals surface area contributed by atoms with E-state index in [0.29, 0.717) is 28.0 Å². The fourth-order valence-corrected chi connectivity index (χ4v) is 2.38. The van der Waals surface area contributed by atoms with Crippen LogP contribution in [0, 0.1) is 18.3 Å². The topological polar surface area (TPSA) is 61.6 Å². The Balaban J connectivity index is 2.44. The molecule has 0 saturated heterocycles. The molecule has 4 nitrogen and oxygen atoms in total. The van der Waals surface area contributed by atoms with Crippen molar-refractivity contribution in [3.8, 4) is 6.07 Å². The van der Waals surface area contributed by atoms with Crippen LogP contribution in [0.15, 0.2) is 22.7 Å². The molecular weight excluding hydrogens is 352 g/mol. The molecule has 1 aromatic heterocycles. The van der Waals surface area contributed by atoms with Gasteiger partial charge in [-0.2, -0.15) is 5.26 Å². The molecule has 0 aliphatic heterocycles. The lowest BCUT2D eigenvalue weighted by Crippen LogP contribution is -2.04. The van der Waals surface area contributed by atoms with E-state index in [1.54, 1.807) is 6.07 Å². The van der Waals surface area contributed by atoms with Gasteiger partial charge in [-0.1, -0.05) is 34.5 Å². The van der Waals surface area contributed by atoms with Crippen molar-refractivity contribution in [1.82, 2.24) is 9.97 Å². The van der Waals surface area contributed by atoms with Crippen molar-refractivity contribution in [3.05, 3.63) is 44.8 Å². The SMILES string of the molecule is CCCc1nc(Cl)c(C)c(Nc2cc(Br)ccc2C#N)n1. The zero-order valence-electron chi connectivity index (χ0n) is 11.7. The molecule has 21 heavy (non-hydrogen) atoms. The zero-order chi connectivity index (χ0) is 15.4. The Hall–Kier alpha value is -1.64. The molecule has 0 radical (unpaired) electrons. The van der Waals surface area contributed by atoms with E-state index in [4.69, 9.17) is 11.6 Å². The van der Waals surface area contributed by atoms with Gasteiger partial charge in [-0.05, 0) is 31.5 Å². The minimum Gasteiger partial charge on any atom is -0.339 e. The van der Waals surface area contributed by atoms with Crippen LogP contribution in [0.2, 0.25) is 5.15 Å². The average molecular weight is 366 g/mol. The predicted octanol–water partition coefficient (Wildman–Crippen LogP) is 4.77. The number of rotatable bonds is 4. The third-order valence-corrected chi connectivity index (χ3v) is 3.82. The molecule has 0 amide bonds. The first-order valence-corrected chi connectivity index (χ1v) is 7.72. The first-order valence-electron chi connectivity index (χ1n) is 6.54. The maximum atomic E-state index is 9.19. The largest absolute Gasteiger partial charge is 0.339 e. The van der Waals surface area contributed by atoms with E-state index in [9.17, 15) is 5.26 Å². The molecule has 6 heteroatoms. The Morgan fingerprint density at radius 1 is 1.38 bits per heavy atom.